The van der Waals surface area contributed by atoms with Crippen molar-refractivity contribution >= 4 is 17.2 Å². The lowest BCUT2D eigenvalue weighted by atomic mass is 10.0. The van der Waals surface area contributed by atoms with E-state index >= 15 is 0 Å². The number of nitrogens with one attached hydrogen (secondary N) is 1. The molecular weight excluding hydrogens is 284 g/mol. The summed E-state index contributed by atoms with van der Waals surface area (Å²) in [4.78, 5) is 16.3. The molecule has 0 aliphatic heterocycles. The Morgan fingerprint density at radius 3 is 2.62 bits per heavy atom. The van der Waals surface area contributed by atoms with Gasteiger partial charge in [-0.05, 0) is 25.0 Å². The molecule has 5 heteroatoms. The van der Waals surface area contributed by atoms with E-state index in [1.54, 1.807) is 29.0 Å². The van der Waals surface area contributed by atoms with Gasteiger partial charge in [0.25, 0.3) is 5.91 Å². The van der Waals surface area contributed by atoms with Crippen LogP contribution >= 0.6 is 11.3 Å². The molecule has 1 aromatic heterocycles. The first-order valence-electron chi connectivity index (χ1n) is 7.16. The Morgan fingerprint density at radius 1 is 1.29 bits per heavy atom. The maximum Gasteiger partial charge on any atom is 0.251 e. The Morgan fingerprint density at radius 2 is 2.00 bits per heavy atom. The van der Waals surface area contributed by atoms with Crippen LogP contribution < -0.4 is 5.32 Å². The molecule has 1 aliphatic carbocycles. The van der Waals surface area contributed by atoms with E-state index in [0.29, 0.717) is 12.1 Å². The van der Waals surface area contributed by atoms with Gasteiger partial charge in [-0.25, -0.2) is 4.98 Å². The van der Waals surface area contributed by atoms with Crippen LogP contribution in [0.2, 0.25) is 0 Å². The highest BCUT2D eigenvalue weighted by Gasteiger charge is 2.31. The summed E-state index contributed by atoms with van der Waals surface area (Å²) in [5.41, 5.74) is 3.61. The highest BCUT2D eigenvalue weighted by Crippen LogP contribution is 2.28. The van der Waals surface area contributed by atoms with E-state index in [1.807, 2.05) is 17.5 Å². The predicted octanol–water partition coefficient (Wildman–Crippen LogP) is 2.85. The Kier molecular flexibility index (Phi) is 4.03. The van der Waals surface area contributed by atoms with Gasteiger partial charge in [0.05, 0.1) is 16.8 Å². The summed E-state index contributed by atoms with van der Waals surface area (Å²) < 4.78 is 0. The standard InChI is InChI=1S/C16H18N2O2S/c19-15(17-10-16(20)7-1-2-8-16)13-5-3-12(4-6-13)14-9-21-11-18-14/h3-6,9,11,20H,1-2,7-8,10H2,(H,17,19). The molecule has 1 saturated carbocycles. The topological polar surface area (TPSA) is 62.2 Å². The van der Waals surface area contributed by atoms with Crippen LogP contribution in [-0.2, 0) is 0 Å². The monoisotopic (exact) mass is 302 g/mol. The number of thiazole rings is 1. The van der Waals surface area contributed by atoms with Crippen molar-refractivity contribution in [2.45, 2.75) is 31.3 Å². The summed E-state index contributed by atoms with van der Waals surface area (Å²) in [6.45, 7) is 0.333. The number of aromatic nitrogens is 1. The lowest BCUT2D eigenvalue weighted by Crippen LogP contribution is -2.40. The lowest BCUT2D eigenvalue weighted by molar-refractivity contribution is 0.0449. The number of aliphatic hydroxyl groups is 1. The smallest absolute Gasteiger partial charge is 0.251 e. The predicted molar refractivity (Wildman–Crippen MR) is 83.3 cm³/mol. The van der Waals surface area contributed by atoms with E-state index in [-0.39, 0.29) is 5.91 Å². The third kappa shape index (κ3) is 3.31. The third-order valence-electron chi connectivity index (χ3n) is 3.99. The van der Waals surface area contributed by atoms with Crippen molar-refractivity contribution in [2.24, 2.45) is 0 Å². The SMILES string of the molecule is O=C(NCC1(O)CCCC1)c1ccc(-c2cscn2)cc1. The first kappa shape index (κ1) is 14.2. The summed E-state index contributed by atoms with van der Waals surface area (Å²) in [6.07, 6.45) is 3.62. The molecule has 1 aromatic carbocycles. The van der Waals surface area contributed by atoms with Crippen molar-refractivity contribution in [3.63, 3.8) is 0 Å². The van der Waals surface area contributed by atoms with Gasteiger partial charge in [0.15, 0.2) is 0 Å². The molecule has 3 rings (SSSR count). The molecule has 0 spiro atoms. The van der Waals surface area contributed by atoms with Crippen molar-refractivity contribution in [3.05, 3.63) is 40.7 Å². The normalized spacial score (nSPS) is 16.8. The lowest BCUT2D eigenvalue weighted by Gasteiger charge is -2.22. The van der Waals surface area contributed by atoms with Crippen LogP contribution in [0.4, 0.5) is 0 Å². The zero-order chi connectivity index (χ0) is 14.7. The van der Waals surface area contributed by atoms with Crippen LogP contribution in [0.3, 0.4) is 0 Å². The summed E-state index contributed by atoms with van der Waals surface area (Å²) in [7, 11) is 0. The minimum atomic E-state index is -0.712. The number of carbonyl (C=O) groups is 1. The van der Waals surface area contributed by atoms with Gasteiger partial charge < -0.3 is 10.4 Å². The van der Waals surface area contributed by atoms with Crippen LogP contribution in [0.25, 0.3) is 11.3 Å². The largest absolute Gasteiger partial charge is 0.388 e. The molecule has 2 N–H and O–H groups in total. The van der Waals surface area contributed by atoms with Gasteiger partial charge in [-0.3, -0.25) is 4.79 Å². The van der Waals surface area contributed by atoms with Gasteiger partial charge in [0, 0.05) is 23.1 Å². The molecule has 1 fully saturated rings. The number of hydrogen-bond acceptors (Lipinski definition) is 4. The Bertz CT molecular complexity index is 602. The van der Waals surface area contributed by atoms with Gasteiger partial charge in [-0.1, -0.05) is 25.0 Å². The van der Waals surface area contributed by atoms with E-state index in [1.165, 1.54) is 0 Å². The van der Waals surface area contributed by atoms with Gasteiger partial charge in [0.1, 0.15) is 0 Å². The third-order valence-corrected chi connectivity index (χ3v) is 4.57. The van der Waals surface area contributed by atoms with E-state index in [4.69, 9.17) is 0 Å². The van der Waals surface area contributed by atoms with Crippen LogP contribution in [0.15, 0.2) is 35.2 Å². The fourth-order valence-electron chi connectivity index (χ4n) is 2.70. The molecule has 0 unspecified atom stereocenters. The van der Waals surface area contributed by atoms with Gasteiger partial charge in [-0.15, -0.1) is 11.3 Å². The molecule has 0 radical (unpaired) electrons. The highest BCUT2D eigenvalue weighted by atomic mass is 32.1. The van der Waals surface area contributed by atoms with E-state index in [0.717, 1.165) is 36.9 Å². The average molecular weight is 302 g/mol. The summed E-state index contributed by atoms with van der Waals surface area (Å²) in [6, 6.07) is 7.38. The van der Waals surface area contributed by atoms with Crippen molar-refractivity contribution in [2.75, 3.05) is 6.54 Å². The minimum Gasteiger partial charge on any atom is -0.388 e. The van der Waals surface area contributed by atoms with Gasteiger partial charge in [0.2, 0.25) is 0 Å². The van der Waals surface area contributed by atoms with Crippen molar-refractivity contribution in [3.8, 4) is 11.3 Å². The molecule has 0 atom stereocenters. The number of nitrogens with zero attached hydrogens (tertiary/aromatic N) is 1. The summed E-state index contributed by atoms with van der Waals surface area (Å²) >= 11 is 1.55. The number of hydrogen-bond donors (Lipinski definition) is 2. The Hall–Kier alpha value is -1.72. The number of amides is 1. The molecule has 0 bridgehead atoms. The molecule has 2 aromatic rings. The fourth-order valence-corrected chi connectivity index (χ4v) is 3.27. The molecule has 1 aliphatic rings. The maximum absolute atomic E-state index is 12.1. The van der Waals surface area contributed by atoms with Crippen molar-refractivity contribution in [1.82, 2.24) is 10.3 Å². The van der Waals surface area contributed by atoms with Gasteiger partial charge >= 0.3 is 0 Å². The Balaban J connectivity index is 1.62. The maximum atomic E-state index is 12.1. The second-order valence-corrected chi connectivity index (χ2v) is 6.28. The van der Waals surface area contributed by atoms with Crippen molar-refractivity contribution in [1.29, 1.82) is 0 Å². The highest BCUT2D eigenvalue weighted by molar-refractivity contribution is 7.07. The van der Waals surface area contributed by atoms with E-state index < -0.39 is 5.60 Å². The number of carbonyl (C=O) groups excluding carboxylic acids is 1. The summed E-state index contributed by atoms with van der Waals surface area (Å²) in [5.74, 6) is -0.139. The zero-order valence-electron chi connectivity index (χ0n) is 11.7. The number of rotatable bonds is 4. The van der Waals surface area contributed by atoms with E-state index in [2.05, 4.69) is 10.3 Å². The van der Waals surface area contributed by atoms with E-state index in [9.17, 15) is 9.90 Å². The van der Waals surface area contributed by atoms with Crippen LogP contribution in [0.5, 0.6) is 0 Å². The zero-order valence-corrected chi connectivity index (χ0v) is 12.5. The molecule has 1 amide bonds. The molecule has 0 saturated heterocycles. The summed E-state index contributed by atoms with van der Waals surface area (Å²) in [5, 5.41) is 15.0. The quantitative estimate of drug-likeness (QED) is 0.913. The molecule has 21 heavy (non-hydrogen) atoms. The first-order valence-corrected chi connectivity index (χ1v) is 8.10. The van der Waals surface area contributed by atoms with Gasteiger partial charge in [-0.2, -0.15) is 0 Å². The fraction of sp³-hybridized carbons (Fsp3) is 0.375. The number of benzene rings is 1. The second kappa shape index (κ2) is 5.95. The Labute approximate surface area is 127 Å². The van der Waals surface area contributed by atoms with Crippen LogP contribution in [-0.4, -0.2) is 28.1 Å². The van der Waals surface area contributed by atoms with Crippen molar-refractivity contribution < 1.29 is 9.90 Å². The second-order valence-electron chi connectivity index (χ2n) is 5.57. The molecule has 110 valence electrons. The molecule has 1 heterocycles. The van der Waals surface area contributed by atoms with Crippen LogP contribution in [0, 0.1) is 0 Å². The first-order chi connectivity index (χ1) is 10.2. The molecular formula is C16H18N2O2S. The minimum absolute atomic E-state index is 0.139. The molecule has 4 nitrogen and oxygen atoms in total. The van der Waals surface area contributed by atoms with Crippen LogP contribution in [0.1, 0.15) is 36.0 Å². The average Bonchev–Trinajstić information content (AvgIpc) is 3.17.